The second-order valence-electron chi connectivity index (χ2n) is 7.20. The van der Waals surface area contributed by atoms with Crippen molar-refractivity contribution in [1.82, 2.24) is 20.4 Å². The first-order valence-electron chi connectivity index (χ1n) is 9.08. The van der Waals surface area contributed by atoms with Gasteiger partial charge in [-0.3, -0.25) is 14.4 Å². The van der Waals surface area contributed by atoms with Crippen LogP contribution in [0.5, 0.6) is 0 Å². The number of piperazine rings is 1. The predicted molar refractivity (Wildman–Crippen MR) is 92.8 cm³/mol. The summed E-state index contributed by atoms with van der Waals surface area (Å²) < 4.78 is 5.27. The molecule has 0 aromatic heterocycles. The number of hydrogen-bond donors (Lipinski definition) is 2. The lowest BCUT2D eigenvalue weighted by Crippen LogP contribution is -2.58. The van der Waals surface area contributed by atoms with E-state index < -0.39 is 17.9 Å². The van der Waals surface area contributed by atoms with Crippen molar-refractivity contribution >= 4 is 17.7 Å². The van der Waals surface area contributed by atoms with E-state index in [1.165, 1.54) is 0 Å². The standard InChI is InChI=1S/C17H30N4O4/c1-12(2)10-14(16(23)20-6-8-25-9-7-20)19-15(22)17(24)21-5-4-18-13(3)11-21/h12-14,18H,4-11H2,1-3H3,(H,19,22)/t13-,14+/m1/s1. The maximum absolute atomic E-state index is 12.7. The lowest BCUT2D eigenvalue weighted by Gasteiger charge is -2.33. The second-order valence-corrected chi connectivity index (χ2v) is 7.20. The molecule has 0 spiro atoms. The fraction of sp³-hybridized carbons (Fsp3) is 0.824. The molecule has 2 N–H and O–H groups in total. The topological polar surface area (TPSA) is 91.0 Å². The molecule has 2 fully saturated rings. The Morgan fingerprint density at radius 1 is 1.16 bits per heavy atom. The van der Waals surface area contributed by atoms with Crippen LogP contribution in [0, 0.1) is 5.92 Å². The van der Waals surface area contributed by atoms with E-state index in [1.54, 1.807) is 9.80 Å². The molecular weight excluding hydrogens is 324 g/mol. The van der Waals surface area contributed by atoms with Crippen LogP contribution in [0.15, 0.2) is 0 Å². The average Bonchev–Trinajstić information content (AvgIpc) is 2.60. The van der Waals surface area contributed by atoms with Crippen molar-refractivity contribution in [2.24, 2.45) is 5.92 Å². The zero-order valence-corrected chi connectivity index (χ0v) is 15.4. The molecule has 25 heavy (non-hydrogen) atoms. The van der Waals surface area contributed by atoms with E-state index in [2.05, 4.69) is 10.6 Å². The number of carbonyl (C=O) groups excluding carboxylic acids is 3. The summed E-state index contributed by atoms with van der Waals surface area (Å²) in [6, 6.07) is -0.512. The SMILES string of the molecule is CC(C)C[C@H](NC(=O)C(=O)N1CCN[C@H](C)C1)C(=O)N1CCOCC1. The maximum Gasteiger partial charge on any atom is 0.311 e. The van der Waals surface area contributed by atoms with Crippen LogP contribution in [0.1, 0.15) is 27.2 Å². The van der Waals surface area contributed by atoms with Crippen LogP contribution in [0.4, 0.5) is 0 Å². The second kappa shape index (κ2) is 9.15. The molecule has 3 amide bonds. The fourth-order valence-corrected chi connectivity index (χ4v) is 3.18. The number of ether oxygens (including phenoxy) is 1. The summed E-state index contributed by atoms with van der Waals surface area (Å²) in [6.45, 7) is 9.68. The van der Waals surface area contributed by atoms with Gasteiger partial charge in [0.1, 0.15) is 6.04 Å². The van der Waals surface area contributed by atoms with Crippen molar-refractivity contribution in [3.05, 3.63) is 0 Å². The van der Waals surface area contributed by atoms with Gasteiger partial charge in [-0.05, 0) is 19.3 Å². The van der Waals surface area contributed by atoms with Crippen LogP contribution in [-0.2, 0) is 19.1 Å². The van der Waals surface area contributed by atoms with Crippen LogP contribution in [0.3, 0.4) is 0 Å². The van der Waals surface area contributed by atoms with E-state index in [0.717, 1.165) is 0 Å². The molecule has 0 radical (unpaired) electrons. The minimum Gasteiger partial charge on any atom is -0.378 e. The molecule has 8 heteroatoms. The van der Waals surface area contributed by atoms with Crippen molar-refractivity contribution in [3.8, 4) is 0 Å². The van der Waals surface area contributed by atoms with Crippen LogP contribution in [-0.4, -0.2) is 85.5 Å². The zero-order valence-electron chi connectivity index (χ0n) is 15.4. The number of morpholine rings is 1. The van der Waals surface area contributed by atoms with Gasteiger partial charge >= 0.3 is 11.8 Å². The largest absolute Gasteiger partial charge is 0.378 e. The number of rotatable bonds is 4. The van der Waals surface area contributed by atoms with Gasteiger partial charge < -0.3 is 25.2 Å². The van der Waals surface area contributed by atoms with E-state index in [4.69, 9.17) is 4.74 Å². The van der Waals surface area contributed by atoms with Crippen LogP contribution >= 0.6 is 0 Å². The van der Waals surface area contributed by atoms with Crippen LogP contribution in [0.2, 0.25) is 0 Å². The molecule has 2 aliphatic heterocycles. The molecule has 0 bridgehead atoms. The smallest absolute Gasteiger partial charge is 0.311 e. The first-order valence-corrected chi connectivity index (χ1v) is 9.08. The lowest BCUT2D eigenvalue weighted by molar-refractivity contribution is -0.149. The number of nitrogens with zero attached hydrogens (tertiary/aromatic N) is 2. The summed E-state index contributed by atoms with van der Waals surface area (Å²) >= 11 is 0. The van der Waals surface area contributed by atoms with Gasteiger partial charge in [0.2, 0.25) is 5.91 Å². The van der Waals surface area contributed by atoms with E-state index in [0.29, 0.717) is 52.4 Å². The Bertz CT molecular complexity index is 491. The van der Waals surface area contributed by atoms with E-state index in [9.17, 15) is 14.4 Å². The molecule has 2 heterocycles. The molecule has 2 atom stereocenters. The summed E-state index contributed by atoms with van der Waals surface area (Å²) in [5.74, 6) is -1.16. The van der Waals surface area contributed by atoms with E-state index in [-0.39, 0.29) is 17.9 Å². The highest BCUT2D eigenvalue weighted by molar-refractivity contribution is 6.35. The van der Waals surface area contributed by atoms with Crippen molar-refractivity contribution in [2.45, 2.75) is 39.3 Å². The van der Waals surface area contributed by atoms with Gasteiger partial charge in [0.05, 0.1) is 13.2 Å². The summed E-state index contributed by atoms with van der Waals surface area (Å²) in [5.41, 5.74) is 0. The summed E-state index contributed by atoms with van der Waals surface area (Å²) in [4.78, 5) is 40.8. The third-order valence-corrected chi connectivity index (χ3v) is 4.48. The molecule has 0 saturated carbocycles. The monoisotopic (exact) mass is 354 g/mol. The van der Waals surface area contributed by atoms with Crippen molar-refractivity contribution < 1.29 is 19.1 Å². The van der Waals surface area contributed by atoms with E-state index >= 15 is 0 Å². The highest BCUT2D eigenvalue weighted by Gasteiger charge is 2.32. The van der Waals surface area contributed by atoms with Gasteiger partial charge in [-0.2, -0.15) is 0 Å². The third kappa shape index (κ3) is 5.67. The molecule has 8 nitrogen and oxygen atoms in total. The van der Waals surface area contributed by atoms with Crippen molar-refractivity contribution in [3.63, 3.8) is 0 Å². The Labute approximate surface area is 149 Å². The average molecular weight is 354 g/mol. The van der Waals surface area contributed by atoms with Gasteiger partial charge in [0, 0.05) is 38.8 Å². The number of nitrogens with one attached hydrogen (secondary N) is 2. The van der Waals surface area contributed by atoms with Crippen molar-refractivity contribution in [1.29, 1.82) is 0 Å². The molecular formula is C17H30N4O4. The lowest BCUT2D eigenvalue weighted by atomic mass is 10.0. The summed E-state index contributed by atoms with van der Waals surface area (Å²) in [7, 11) is 0. The quantitative estimate of drug-likeness (QED) is 0.645. The minimum absolute atomic E-state index is 0.133. The Balaban J connectivity index is 1.98. The molecule has 0 aromatic rings. The Morgan fingerprint density at radius 3 is 2.44 bits per heavy atom. The number of hydrogen-bond acceptors (Lipinski definition) is 5. The Kier molecular flexibility index (Phi) is 7.19. The van der Waals surface area contributed by atoms with Gasteiger partial charge in [-0.1, -0.05) is 13.8 Å². The molecule has 0 aliphatic carbocycles. The Hall–Kier alpha value is -1.67. The zero-order chi connectivity index (χ0) is 18.4. The van der Waals surface area contributed by atoms with Crippen LogP contribution in [0.25, 0.3) is 0 Å². The van der Waals surface area contributed by atoms with E-state index in [1.807, 2.05) is 20.8 Å². The molecule has 0 aromatic carbocycles. The summed E-state index contributed by atoms with van der Waals surface area (Å²) in [5, 5.41) is 5.91. The molecule has 2 rings (SSSR count). The minimum atomic E-state index is -0.693. The highest BCUT2D eigenvalue weighted by atomic mass is 16.5. The van der Waals surface area contributed by atoms with Gasteiger partial charge in [0.15, 0.2) is 0 Å². The van der Waals surface area contributed by atoms with Crippen molar-refractivity contribution in [2.75, 3.05) is 45.9 Å². The van der Waals surface area contributed by atoms with Gasteiger partial charge in [-0.25, -0.2) is 0 Å². The molecule has 2 saturated heterocycles. The first-order chi connectivity index (χ1) is 11.9. The normalized spacial score (nSPS) is 22.6. The predicted octanol–water partition coefficient (Wildman–Crippen LogP) is -0.804. The van der Waals surface area contributed by atoms with Gasteiger partial charge in [0.25, 0.3) is 0 Å². The molecule has 0 unspecified atom stereocenters. The molecule has 142 valence electrons. The maximum atomic E-state index is 12.7. The fourth-order valence-electron chi connectivity index (χ4n) is 3.18. The Morgan fingerprint density at radius 2 is 1.84 bits per heavy atom. The first kappa shape index (κ1) is 19.7. The number of carbonyl (C=O) groups is 3. The molecule has 2 aliphatic rings. The third-order valence-electron chi connectivity index (χ3n) is 4.48. The van der Waals surface area contributed by atoms with Crippen LogP contribution < -0.4 is 10.6 Å². The number of amides is 3. The summed E-state index contributed by atoms with van der Waals surface area (Å²) in [6.07, 6.45) is 0.507. The highest BCUT2D eigenvalue weighted by Crippen LogP contribution is 2.10. The van der Waals surface area contributed by atoms with Gasteiger partial charge in [-0.15, -0.1) is 0 Å².